The Morgan fingerprint density at radius 1 is 1.18 bits per heavy atom. The van der Waals surface area contributed by atoms with Crippen molar-refractivity contribution in [1.82, 2.24) is 15.2 Å². The van der Waals surface area contributed by atoms with Crippen molar-refractivity contribution >= 4 is 16.6 Å². The summed E-state index contributed by atoms with van der Waals surface area (Å²) in [6.45, 7) is 0.720. The van der Waals surface area contributed by atoms with Crippen LogP contribution in [0.4, 0.5) is 5.82 Å². The fourth-order valence-electron chi connectivity index (χ4n) is 1.82. The molecule has 17 heavy (non-hydrogen) atoms. The lowest BCUT2D eigenvalue weighted by Crippen LogP contribution is -2.00. The standard InChI is InChI=1S/C13H12N4/c1-2-4-12-11(3-1)5-6-14-13(12)15-7-10-8-16-17-9-10/h1-6,8-9H,7H2,(H,14,15)(H,16,17). The number of pyridine rings is 1. The van der Waals surface area contributed by atoms with Gasteiger partial charge in [-0.3, -0.25) is 5.10 Å². The summed E-state index contributed by atoms with van der Waals surface area (Å²) in [7, 11) is 0. The Bertz CT molecular complexity index is 611. The fourth-order valence-corrected chi connectivity index (χ4v) is 1.82. The Morgan fingerprint density at radius 2 is 2.12 bits per heavy atom. The van der Waals surface area contributed by atoms with Crippen LogP contribution in [0.25, 0.3) is 10.8 Å². The van der Waals surface area contributed by atoms with E-state index >= 15 is 0 Å². The van der Waals surface area contributed by atoms with Crippen LogP contribution < -0.4 is 5.32 Å². The largest absolute Gasteiger partial charge is 0.365 e. The van der Waals surface area contributed by atoms with E-state index in [9.17, 15) is 0 Å². The third-order valence-corrected chi connectivity index (χ3v) is 2.69. The highest BCUT2D eigenvalue weighted by atomic mass is 15.1. The molecule has 0 saturated carbocycles. The normalized spacial score (nSPS) is 10.6. The summed E-state index contributed by atoms with van der Waals surface area (Å²) in [5, 5.41) is 12.4. The van der Waals surface area contributed by atoms with Crippen molar-refractivity contribution in [3.63, 3.8) is 0 Å². The van der Waals surface area contributed by atoms with Gasteiger partial charge >= 0.3 is 0 Å². The second-order valence-corrected chi connectivity index (χ2v) is 3.84. The van der Waals surface area contributed by atoms with Crippen LogP contribution in [-0.2, 0) is 6.54 Å². The lowest BCUT2D eigenvalue weighted by molar-refractivity contribution is 1.09. The summed E-state index contributed by atoms with van der Waals surface area (Å²) >= 11 is 0. The lowest BCUT2D eigenvalue weighted by atomic mass is 10.1. The summed E-state index contributed by atoms with van der Waals surface area (Å²) in [6.07, 6.45) is 5.50. The molecule has 3 aromatic rings. The number of nitrogens with one attached hydrogen (secondary N) is 2. The predicted molar refractivity (Wildman–Crippen MR) is 67.7 cm³/mol. The average molecular weight is 224 g/mol. The minimum atomic E-state index is 0.720. The molecule has 1 aromatic carbocycles. The summed E-state index contributed by atoms with van der Waals surface area (Å²) in [5.74, 6) is 0.907. The van der Waals surface area contributed by atoms with E-state index in [1.54, 1.807) is 6.20 Å². The molecule has 0 saturated heterocycles. The van der Waals surface area contributed by atoms with E-state index in [-0.39, 0.29) is 0 Å². The van der Waals surface area contributed by atoms with Crippen molar-refractivity contribution < 1.29 is 0 Å². The van der Waals surface area contributed by atoms with Gasteiger partial charge < -0.3 is 5.32 Å². The molecule has 2 N–H and O–H groups in total. The molecular formula is C13H12N4. The van der Waals surface area contributed by atoms with E-state index in [4.69, 9.17) is 0 Å². The van der Waals surface area contributed by atoms with Crippen LogP contribution in [0.5, 0.6) is 0 Å². The molecule has 0 bridgehead atoms. The zero-order chi connectivity index (χ0) is 11.5. The van der Waals surface area contributed by atoms with Gasteiger partial charge in [-0.2, -0.15) is 5.10 Å². The topological polar surface area (TPSA) is 53.6 Å². The fraction of sp³-hybridized carbons (Fsp3) is 0.0769. The predicted octanol–water partition coefficient (Wildman–Crippen LogP) is 2.57. The third-order valence-electron chi connectivity index (χ3n) is 2.69. The summed E-state index contributed by atoms with van der Waals surface area (Å²) in [5.41, 5.74) is 1.11. The minimum Gasteiger partial charge on any atom is -0.365 e. The van der Waals surface area contributed by atoms with Gasteiger partial charge in [0, 0.05) is 29.9 Å². The number of benzene rings is 1. The Balaban J connectivity index is 1.90. The van der Waals surface area contributed by atoms with Gasteiger partial charge in [-0.1, -0.05) is 24.3 Å². The smallest absolute Gasteiger partial charge is 0.134 e. The number of rotatable bonds is 3. The summed E-state index contributed by atoms with van der Waals surface area (Å²) < 4.78 is 0. The zero-order valence-corrected chi connectivity index (χ0v) is 9.22. The number of hydrogen-bond acceptors (Lipinski definition) is 3. The van der Waals surface area contributed by atoms with Crippen molar-refractivity contribution in [3.05, 3.63) is 54.5 Å². The van der Waals surface area contributed by atoms with Gasteiger partial charge in [-0.05, 0) is 11.5 Å². The van der Waals surface area contributed by atoms with Gasteiger partial charge in [-0.25, -0.2) is 4.98 Å². The van der Waals surface area contributed by atoms with Crippen molar-refractivity contribution in [2.45, 2.75) is 6.54 Å². The van der Waals surface area contributed by atoms with E-state index in [0.29, 0.717) is 0 Å². The molecule has 0 atom stereocenters. The number of aromatic nitrogens is 3. The SMILES string of the molecule is c1ccc2c(NCc3cn[nH]c3)nccc2c1. The number of nitrogens with zero attached hydrogens (tertiary/aromatic N) is 2. The van der Waals surface area contributed by atoms with Crippen LogP contribution in [0.3, 0.4) is 0 Å². The molecule has 0 amide bonds. The molecule has 0 unspecified atom stereocenters. The molecule has 0 radical (unpaired) electrons. The van der Waals surface area contributed by atoms with Crippen LogP contribution in [-0.4, -0.2) is 15.2 Å². The van der Waals surface area contributed by atoms with Crippen LogP contribution in [0.15, 0.2) is 48.9 Å². The first kappa shape index (κ1) is 9.84. The quantitative estimate of drug-likeness (QED) is 0.719. The monoisotopic (exact) mass is 224 g/mol. The molecule has 4 heteroatoms. The third kappa shape index (κ3) is 1.97. The van der Waals surface area contributed by atoms with Gasteiger partial charge in [0.1, 0.15) is 5.82 Å². The molecule has 3 rings (SSSR count). The Kier molecular flexibility index (Phi) is 2.46. The maximum absolute atomic E-state index is 4.36. The van der Waals surface area contributed by atoms with Gasteiger partial charge in [0.25, 0.3) is 0 Å². The average Bonchev–Trinajstić information content (AvgIpc) is 2.89. The van der Waals surface area contributed by atoms with E-state index < -0.39 is 0 Å². The van der Waals surface area contributed by atoms with Gasteiger partial charge in [0.2, 0.25) is 0 Å². The van der Waals surface area contributed by atoms with Crippen molar-refractivity contribution in [2.24, 2.45) is 0 Å². The maximum Gasteiger partial charge on any atom is 0.134 e. The zero-order valence-electron chi connectivity index (χ0n) is 9.22. The van der Waals surface area contributed by atoms with Crippen LogP contribution in [0.1, 0.15) is 5.56 Å². The van der Waals surface area contributed by atoms with Gasteiger partial charge in [0.05, 0.1) is 6.20 Å². The van der Waals surface area contributed by atoms with Gasteiger partial charge in [0.15, 0.2) is 0 Å². The lowest BCUT2D eigenvalue weighted by Gasteiger charge is -2.07. The number of fused-ring (bicyclic) bond motifs is 1. The van der Waals surface area contributed by atoms with Crippen LogP contribution in [0, 0.1) is 0 Å². The van der Waals surface area contributed by atoms with Crippen molar-refractivity contribution in [1.29, 1.82) is 0 Å². The molecule has 84 valence electrons. The molecule has 2 heterocycles. The molecule has 0 spiro atoms. The minimum absolute atomic E-state index is 0.720. The molecule has 0 aliphatic carbocycles. The van der Waals surface area contributed by atoms with Crippen LogP contribution in [0.2, 0.25) is 0 Å². The number of hydrogen-bond donors (Lipinski definition) is 2. The number of H-pyrrole nitrogens is 1. The van der Waals surface area contributed by atoms with E-state index in [1.165, 1.54) is 5.39 Å². The summed E-state index contributed by atoms with van der Waals surface area (Å²) in [4.78, 5) is 4.36. The Hall–Kier alpha value is -2.36. The highest BCUT2D eigenvalue weighted by Gasteiger charge is 2.01. The summed E-state index contributed by atoms with van der Waals surface area (Å²) in [6, 6.07) is 10.2. The van der Waals surface area contributed by atoms with Gasteiger partial charge in [-0.15, -0.1) is 0 Å². The molecule has 4 nitrogen and oxygen atoms in total. The molecule has 0 fully saturated rings. The number of aromatic amines is 1. The van der Waals surface area contributed by atoms with E-state index in [0.717, 1.165) is 23.3 Å². The molecular weight excluding hydrogens is 212 g/mol. The van der Waals surface area contributed by atoms with E-state index in [2.05, 4.69) is 32.6 Å². The number of anilines is 1. The Labute approximate surface area is 98.7 Å². The second-order valence-electron chi connectivity index (χ2n) is 3.84. The highest BCUT2D eigenvalue weighted by molar-refractivity contribution is 5.91. The molecule has 2 aromatic heterocycles. The maximum atomic E-state index is 4.36. The first-order valence-electron chi connectivity index (χ1n) is 5.49. The molecule has 0 aliphatic rings. The first-order chi connectivity index (χ1) is 8.43. The highest BCUT2D eigenvalue weighted by Crippen LogP contribution is 2.20. The first-order valence-corrected chi connectivity index (χ1v) is 5.49. The van der Waals surface area contributed by atoms with Crippen molar-refractivity contribution in [3.8, 4) is 0 Å². The van der Waals surface area contributed by atoms with Crippen LogP contribution >= 0.6 is 0 Å². The van der Waals surface area contributed by atoms with Crippen molar-refractivity contribution in [2.75, 3.05) is 5.32 Å². The Morgan fingerprint density at radius 3 is 3.00 bits per heavy atom. The van der Waals surface area contributed by atoms with E-state index in [1.807, 2.05) is 30.6 Å². The molecule has 0 aliphatic heterocycles. The second kappa shape index (κ2) is 4.25.